The zero-order valence-electron chi connectivity index (χ0n) is 13.6. The van der Waals surface area contributed by atoms with Crippen molar-refractivity contribution in [1.29, 1.82) is 0 Å². The van der Waals surface area contributed by atoms with Gasteiger partial charge in [0.2, 0.25) is 10.0 Å². The lowest BCUT2D eigenvalue weighted by Gasteiger charge is -2.33. The summed E-state index contributed by atoms with van der Waals surface area (Å²) in [6, 6.07) is 5.49. The second-order valence-electron chi connectivity index (χ2n) is 6.03. The van der Waals surface area contributed by atoms with Crippen molar-refractivity contribution in [1.82, 2.24) is 13.8 Å². The fourth-order valence-corrected chi connectivity index (χ4v) is 3.80. The summed E-state index contributed by atoms with van der Waals surface area (Å²) >= 11 is 0. The molecule has 2 heterocycles. The summed E-state index contributed by atoms with van der Waals surface area (Å²) in [5.74, 6) is -0.381. The third-order valence-electron chi connectivity index (χ3n) is 4.41. The van der Waals surface area contributed by atoms with E-state index in [9.17, 15) is 13.2 Å². The van der Waals surface area contributed by atoms with Crippen LogP contribution in [0.15, 0.2) is 27.4 Å². The number of aromatic nitrogens is 1. The van der Waals surface area contributed by atoms with E-state index < -0.39 is 10.0 Å². The van der Waals surface area contributed by atoms with Crippen molar-refractivity contribution >= 4 is 21.1 Å². The van der Waals surface area contributed by atoms with Gasteiger partial charge in [0, 0.05) is 45.8 Å². The highest BCUT2D eigenvalue weighted by molar-refractivity contribution is 7.88. The van der Waals surface area contributed by atoms with Crippen LogP contribution in [0.3, 0.4) is 0 Å². The van der Waals surface area contributed by atoms with Gasteiger partial charge in [-0.3, -0.25) is 9.47 Å². The molecule has 0 spiro atoms. The summed E-state index contributed by atoms with van der Waals surface area (Å²) in [5.41, 5.74) is 7.90. The first-order valence-electron chi connectivity index (χ1n) is 7.88. The Bertz CT molecular complexity index is 879. The zero-order chi connectivity index (χ0) is 17.3. The Morgan fingerprint density at radius 3 is 2.50 bits per heavy atom. The molecular formula is C15H22N4O4S. The molecule has 1 aliphatic rings. The van der Waals surface area contributed by atoms with Gasteiger partial charge in [0.05, 0.1) is 11.8 Å². The third kappa shape index (κ3) is 3.54. The van der Waals surface area contributed by atoms with Crippen LogP contribution in [0.5, 0.6) is 0 Å². The minimum atomic E-state index is -3.13. The summed E-state index contributed by atoms with van der Waals surface area (Å²) in [4.78, 5) is 14.2. The monoisotopic (exact) mass is 354 g/mol. The summed E-state index contributed by atoms with van der Waals surface area (Å²) in [6.45, 7) is 3.85. The van der Waals surface area contributed by atoms with E-state index in [4.69, 9.17) is 10.2 Å². The number of sulfonamides is 1. The van der Waals surface area contributed by atoms with E-state index in [1.54, 1.807) is 10.6 Å². The number of nitrogens with two attached hydrogens (primary N) is 1. The van der Waals surface area contributed by atoms with Gasteiger partial charge >= 0.3 is 5.76 Å². The Morgan fingerprint density at radius 1 is 1.17 bits per heavy atom. The molecule has 0 amide bonds. The average Bonchev–Trinajstić information content (AvgIpc) is 2.87. The molecule has 0 unspecified atom stereocenters. The first-order chi connectivity index (χ1) is 11.4. The van der Waals surface area contributed by atoms with Crippen molar-refractivity contribution < 1.29 is 12.8 Å². The molecular weight excluding hydrogens is 332 g/mol. The van der Waals surface area contributed by atoms with Crippen molar-refractivity contribution in [2.24, 2.45) is 5.73 Å². The standard InChI is InChI=1S/C15H22N4O4S/c1-24(21,22)18-7-4-17(5-8-18)6-9-19-13-10-12(11-16)2-3-14(13)23-15(19)20/h2-3,10H,4-9,11,16H2,1H3. The zero-order valence-corrected chi connectivity index (χ0v) is 14.5. The molecule has 0 bridgehead atoms. The maximum absolute atomic E-state index is 12.1. The van der Waals surface area contributed by atoms with Gasteiger partial charge in [-0.2, -0.15) is 4.31 Å². The largest absolute Gasteiger partial charge is 0.419 e. The summed E-state index contributed by atoms with van der Waals surface area (Å²) in [7, 11) is -3.13. The molecule has 1 aromatic heterocycles. The van der Waals surface area contributed by atoms with Crippen LogP contribution >= 0.6 is 0 Å². The molecule has 132 valence electrons. The number of nitrogens with zero attached hydrogens (tertiary/aromatic N) is 3. The van der Waals surface area contributed by atoms with Crippen molar-refractivity contribution in [3.05, 3.63) is 34.3 Å². The van der Waals surface area contributed by atoms with Crippen molar-refractivity contribution in [2.75, 3.05) is 39.0 Å². The highest BCUT2D eigenvalue weighted by atomic mass is 32.2. The van der Waals surface area contributed by atoms with Gasteiger partial charge in [-0.1, -0.05) is 6.07 Å². The highest BCUT2D eigenvalue weighted by Crippen LogP contribution is 2.15. The summed E-state index contributed by atoms with van der Waals surface area (Å²) in [6.07, 6.45) is 1.23. The van der Waals surface area contributed by atoms with Gasteiger partial charge in [0.15, 0.2) is 5.58 Å². The number of benzene rings is 1. The Labute approximate surface area is 140 Å². The van der Waals surface area contributed by atoms with Crippen LogP contribution in [0.25, 0.3) is 11.1 Å². The minimum Gasteiger partial charge on any atom is -0.408 e. The first-order valence-corrected chi connectivity index (χ1v) is 9.73. The second-order valence-corrected chi connectivity index (χ2v) is 8.01. The fraction of sp³-hybridized carbons (Fsp3) is 0.533. The molecule has 0 atom stereocenters. The molecule has 2 N–H and O–H groups in total. The molecule has 3 rings (SSSR count). The van der Waals surface area contributed by atoms with Crippen molar-refractivity contribution in [3.8, 4) is 0 Å². The summed E-state index contributed by atoms with van der Waals surface area (Å²) in [5, 5.41) is 0. The highest BCUT2D eigenvalue weighted by Gasteiger charge is 2.23. The van der Waals surface area contributed by atoms with Crippen LogP contribution in [0.1, 0.15) is 5.56 Å². The predicted octanol–water partition coefficient (Wildman–Crippen LogP) is -0.370. The molecule has 24 heavy (non-hydrogen) atoms. The molecule has 0 aliphatic carbocycles. The van der Waals surface area contributed by atoms with Gasteiger partial charge in [0.25, 0.3) is 0 Å². The van der Waals surface area contributed by atoms with Crippen molar-refractivity contribution in [3.63, 3.8) is 0 Å². The number of rotatable bonds is 5. The molecule has 2 aromatic rings. The van der Waals surface area contributed by atoms with Crippen LogP contribution in [-0.2, 0) is 23.1 Å². The Balaban J connectivity index is 1.68. The normalized spacial score (nSPS) is 17.6. The van der Waals surface area contributed by atoms with E-state index in [0.29, 0.717) is 51.4 Å². The topological polar surface area (TPSA) is 102 Å². The van der Waals surface area contributed by atoms with Gasteiger partial charge in [-0.05, 0) is 17.7 Å². The second kappa shape index (κ2) is 6.67. The lowest BCUT2D eigenvalue weighted by Crippen LogP contribution is -2.49. The first kappa shape index (κ1) is 17.2. The lowest BCUT2D eigenvalue weighted by atomic mass is 10.2. The molecule has 9 heteroatoms. The van der Waals surface area contributed by atoms with E-state index in [2.05, 4.69) is 4.90 Å². The Kier molecular flexibility index (Phi) is 4.77. The van der Waals surface area contributed by atoms with Crippen molar-refractivity contribution in [2.45, 2.75) is 13.1 Å². The molecule has 1 aliphatic heterocycles. The van der Waals surface area contributed by atoms with Crippen LogP contribution < -0.4 is 11.5 Å². The lowest BCUT2D eigenvalue weighted by molar-refractivity contribution is 0.183. The van der Waals surface area contributed by atoms with E-state index in [1.807, 2.05) is 12.1 Å². The van der Waals surface area contributed by atoms with Crippen LogP contribution in [-0.4, -0.2) is 61.2 Å². The third-order valence-corrected chi connectivity index (χ3v) is 5.71. The number of fused-ring (bicyclic) bond motifs is 1. The van der Waals surface area contributed by atoms with Crippen LogP contribution in [0.2, 0.25) is 0 Å². The quantitative estimate of drug-likeness (QED) is 0.786. The average molecular weight is 354 g/mol. The Morgan fingerprint density at radius 2 is 1.88 bits per heavy atom. The van der Waals surface area contributed by atoms with E-state index in [1.165, 1.54) is 10.6 Å². The van der Waals surface area contributed by atoms with Gasteiger partial charge < -0.3 is 10.2 Å². The number of hydrogen-bond acceptors (Lipinski definition) is 6. The molecule has 0 radical (unpaired) electrons. The predicted molar refractivity (Wildman–Crippen MR) is 91.2 cm³/mol. The maximum atomic E-state index is 12.1. The number of hydrogen-bond donors (Lipinski definition) is 1. The number of piperazine rings is 1. The minimum absolute atomic E-state index is 0.381. The molecule has 0 saturated carbocycles. The van der Waals surface area contributed by atoms with Gasteiger partial charge in [0.1, 0.15) is 0 Å². The molecule has 1 aromatic carbocycles. The van der Waals surface area contributed by atoms with Crippen LogP contribution in [0, 0.1) is 0 Å². The maximum Gasteiger partial charge on any atom is 0.419 e. The molecule has 1 fully saturated rings. The van der Waals surface area contributed by atoms with E-state index in [0.717, 1.165) is 11.1 Å². The Hall–Kier alpha value is -1.68. The van der Waals surface area contributed by atoms with Gasteiger partial charge in [-0.25, -0.2) is 13.2 Å². The van der Waals surface area contributed by atoms with E-state index in [-0.39, 0.29) is 5.76 Å². The molecule has 8 nitrogen and oxygen atoms in total. The molecule has 1 saturated heterocycles. The van der Waals surface area contributed by atoms with Gasteiger partial charge in [-0.15, -0.1) is 0 Å². The van der Waals surface area contributed by atoms with Crippen LogP contribution in [0.4, 0.5) is 0 Å². The number of oxazole rings is 1. The SMILES string of the molecule is CS(=O)(=O)N1CCN(CCn2c(=O)oc3ccc(CN)cc32)CC1. The smallest absolute Gasteiger partial charge is 0.408 e. The van der Waals surface area contributed by atoms with E-state index >= 15 is 0 Å². The fourth-order valence-electron chi connectivity index (χ4n) is 2.97. The summed E-state index contributed by atoms with van der Waals surface area (Å²) < 4.78 is 31.4.